The molecule has 0 atom stereocenters. The molecule has 0 unspecified atom stereocenters. The van der Waals surface area contributed by atoms with Crippen molar-refractivity contribution in [3.63, 3.8) is 0 Å². The standard InChI is InChI=1S/C10H10N2S/c1-2-7-12-8-5-3-4-6-9(8)13-10(12)11/h2-6,11H,1,7H2. The maximum atomic E-state index is 7.74. The van der Waals surface area contributed by atoms with Gasteiger partial charge < -0.3 is 4.57 Å². The lowest BCUT2D eigenvalue weighted by atomic mass is 10.3. The second-order valence-corrected chi connectivity index (χ2v) is 3.80. The number of rotatable bonds is 2. The summed E-state index contributed by atoms with van der Waals surface area (Å²) in [7, 11) is 0. The number of benzene rings is 1. The van der Waals surface area contributed by atoms with E-state index in [4.69, 9.17) is 5.41 Å². The van der Waals surface area contributed by atoms with Crippen LogP contribution in [0.3, 0.4) is 0 Å². The normalized spacial score (nSPS) is 10.5. The number of nitrogens with one attached hydrogen (secondary N) is 1. The van der Waals surface area contributed by atoms with Gasteiger partial charge >= 0.3 is 0 Å². The lowest BCUT2D eigenvalue weighted by Gasteiger charge is -1.98. The van der Waals surface area contributed by atoms with Gasteiger partial charge in [-0.15, -0.1) is 6.58 Å². The predicted molar refractivity (Wildman–Crippen MR) is 55.9 cm³/mol. The molecule has 0 fully saturated rings. The Morgan fingerprint density at radius 2 is 2.23 bits per heavy atom. The third-order valence-electron chi connectivity index (χ3n) is 1.92. The quantitative estimate of drug-likeness (QED) is 0.704. The predicted octanol–water partition coefficient (Wildman–Crippen LogP) is 2.37. The molecule has 0 aliphatic carbocycles. The molecule has 1 N–H and O–H groups in total. The van der Waals surface area contributed by atoms with Gasteiger partial charge in [0.15, 0.2) is 4.80 Å². The molecule has 1 aromatic heterocycles. The van der Waals surface area contributed by atoms with E-state index >= 15 is 0 Å². The van der Waals surface area contributed by atoms with Crippen LogP contribution in [0.25, 0.3) is 10.2 Å². The van der Waals surface area contributed by atoms with Gasteiger partial charge in [-0.1, -0.05) is 29.5 Å². The number of hydrogen-bond donors (Lipinski definition) is 1. The largest absolute Gasteiger partial charge is 0.313 e. The van der Waals surface area contributed by atoms with Crippen molar-refractivity contribution in [2.24, 2.45) is 0 Å². The maximum absolute atomic E-state index is 7.74. The van der Waals surface area contributed by atoms with Crippen LogP contribution in [-0.2, 0) is 6.54 Å². The summed E-state index contributed by atoms with van der Waals surface area (Å²) in [5.74, 6) is 0. The van der Waals surface area contributed by atoms with Gasteiger partial charge in [0, 0.05) is 6.54 Å². The molecule has 66 valence electrons. The van der Waals surface area contributed by atoms with Crippen molar-refractivity contribution in [3.8, 4) is 0 Å². The van der Waals surface area contributed by atoms with Crippen LogP contribution in [0.5, 0.6) is 0 Å². The summed E-state index contributed by atoms with van der Waals surface area (Å²) in [5.41, 5.74) is 1.12. The first-order valence-corrected chi connectivity index (χ1v) is 4.88. The number of thiazole rings is 1. The Labute approximate surface area is 80.3 Å². The van der Waals surface area contributed by atoms with Crippen LogP contribution in [0.1, 0.15) is 0 Å². The second-order valence-electron chi connectivity index (χ2n) is 2.77. The first-order valence-electron chi connectivity index (χ1n) is 4.07. The van der Waals surface area contributed by atoms with E-state index in [1.54, 1.807) is 0 Å². The highest BCUT2D eigenvalue weighted by Crippen LogP contribution is 2.15. The lowest BCUT2D eigenvalue weighted by molar-refractivity contribution is 0.812. The molecule has 1 aromatic carbocycles. The molecular weight excluding hydrogens is 180 g/mol. The highest BCUT2D eigenvalue weighted by molar-refractivity contribution is 7.16. The minimum atomic E-state index is 0.584. The van der Waals surface area contributed by atoms with Crippen LogP contribution in [0.2, 0.25) is 0 Å². The Kier molecular flexibility index (Phi) is 2.02. The lowest BCUT2D eigenvalue weighted by Crippen LogP contribution is -2.11. The van der Waals surface area contributed by atoms with Crippen molar-refractivity contribution in [1.29, 1.82) is 5.41 Å². The third-order valence-corrected chi connectivity index (χ3v) is 2.90. The summed E-state index contributed by atoms with van der Waals surface area (Å²) in [6.45, 7) is 4.40. The monoisotopic (exact) mass is 190 g/mol. The van der Waals surface area contributed by atoms with Crippen LogP contribution < -0.4 is 4.80 Å². The van der Waals surface area contributed by atoms with E-state index in [0.717, 1.165) is 10.2 Å². The summed E-state index contributed by atoms with van der Waals surface area (Å²) in [4.78, 5) is 0.584. The van der Waals surface area contributed by atoms with Gasteiger partial charge in [0.2, 0.25) is 0 Å². The summed E-state index contributed by atoms with van der Waals surface area (Å²) < 4.78 is 3.11. The van der Waals surface area contributed by atoms with Crippen molar-refractivity contribution < 1.29 is 0 Å². The van der Waals surface area contributed by atoms with Crippen molar-refractivity contribution >= 4 is 21.6 Å². The molecule has 3 heteroatoms. The number of aromatic nitrogens is 1. The average molecular weight is 190 g/mol. The van der Waals surface area contributed by atoms with Crippen molar-refractivity contribution in [2.75, 3.05) is 0 Å². The summed E-state index contributed by atoms with van der Waals surface area (Å²) >= 11 is 1.50. The molecule has 2 rings (SSSR count). The van der Waals surface area contributed by atoms with Crippen LogP contribution in [0.4, 0.5) is 0 Å². The third kappa shape index (κ3) is 1.31. The van der Waals surface area contributed by atoms with E-state index in [-0.39, 0.29) is 0 Å². The molecule has 0 amide bonds. The fraction of sp³-hybridized carbons (Fsp3) is 0.100. The topological polar surface area (TPSA) is 28.8 Å². The molecule has 2 nitrogen and oxygen atoms in total. The number of fused-ring (bicyclic) bond motifs is 1. The molecule has 0 saturated heterocycles. The molecule has 0 aliphatic heterocycles. The highest BCUT2D eigenvalue weighted by atomic mass is 32.1. The molecular formula is C10H10N2S. The number of para-hydroxylation sites is 1. The minimum Gasteiger partial charge on any atom is -0.313 e. The smallest absolute Gasteiger partial charge is 0.183 e. The molecule has 0 aliphatic rings. The van der Waals surface area contributed by atoms with E-state index in [0.29, 0.717) is 11.3 Å². The molecule has 0 saturated carbocycles. The first kappa shape index (κ1) is 8.26. The SMILES string of the molecule is C=CCn1c(=N)sc2ccccc21. The van der Waals surface area contributed by atoms with Crippen molar-refractivity contribution in [1.82, 2.24) is 4.57 Å². The van der Waals surface area contributed by atoms with E-state index in [9.17, 15) is 0 Å². The molecule has 0 bridgehead atoms. The zero-order chi connectivity index (χ0) is 9.26. The molecule has 13 heavy (non-hydrogen) atoms. The summed E-state index contributed by atoms with van der Waals surface area (Å²) in [6, 6.07) is 8.07. The Bertz CT molecular complexity index is 493. The first-order chi connectivity index (χ1) is 6.33. The number of hydrogen-bond acceptors (Lipinski definition) is 2. The highest BCUT2D eigenvalue weighted by Gasteiger charge is 2.01. The van der Waals surface area contributed by atoms with Gasteiger partial charge in [0.05, 0.1) is 10.2 Å². The van der Waals surface area contributed by atoms with Crippen molar-refractivity contribution in [2.45, 2.75) is 6.54 Å². The summed E-state index contributed by atoms with van der Waals surface area (Å²) in [6.07, 6.45) is 1.82. The van der Waals surface area contributed by atoms with E-state index in [2.05, 4.69) is 6.58 Å². The Morgan fingerprint density at radius 3 is 3.00 bits per heavy atom. The number of allylic oxidation sites excluding steroid dienone is 1. The zero-order valence-corrected chi connectivity index (χ0v) is 7.97. The van der Waals surface area contributed by atoms with E-state index < -0.39 is 0 Å². The van der Waals surface area contributed by atoms with Crippen molar-refractivity contribution in [3.05, 3.63) is 41.7 Å². The van der Waals surface area contributed by atoms with Gasteiger partial charge in [-0.05, 0) is 12.1 Å². The van der Waals surface area contributed by atoms with Crippen LogP contribution in [0.15, 0.2) is 36.9 Å². The average Bonchev–Trinajstić information content (AvgIpc) is 2.44. The fourth-order valence-electron chi connectivity index (χ4n) is 1.35. The van der Waals surface area contributed by atoms with Gasteiger partial charge in [-0.3, -0.25) is 5.41 Å². The van der Waals surface area contributed by atoms with E-state index in [1.165, 1.54) is 11.3 Å². The van der Waals surface area contributed by atoms with Gasteiger partial charge in [-0.25, -0.2) is 0 Å². The fourth-order valence-corrected chi connectivity index (χ4v) is 2.27. The van der Waals surface area contributed by atoms with Gasteiger partial charge in [0.1, 0.15) is 0 Å². The van der Waals surface area contributed by atoms with Gasteiger partial charge in [0.25, 0.3) is 0 Å². The molecule has 2 aromatic rings. The Hall–Kier alpha value is -1.35. The Balaban J connectivity index is 2.78. The van der Waals surface area contributed by atoms with Crippen LogP contribution in [0, 0.1) is 5.41 Å². The number of nitrogens with zero attached hydrogens (tertiary/aromatic N) is 1. The van der Waals surface area contributed by atoms with Gasteiger partial charge in [-0.2, -0.15) is 0 Å². The molecule has 1 heterocycles. The maximum Gasteiger partial charge on any atom is 0.183 e. The zero-order valence-electron chi connectivity index (χ0n) is 7.16. The molecule has 0 spiro atoms. The van der Waals surface area contributed by atoms with E-state index in [1.807, 2.05) is 34.9 Å². The van der Waals surface area contributed by atoms with Crippen LogP contribution in [-0.4, -0.2) is 4.57 Å². The minimum absolute atomic E-state index is 0.584. The second kappa shape index (κ2) is 3.18. The summed E-state index contributed by atoms with van der Waals surface area (Å²) in [5, 5.41) is 7.74. The molecule has 0 radical (unpaired) electrons. The van der Waals surface area contributed by atoms with Crippen LogP contribution >= 0.6 is 11.3 Å². The Morgan fingerprint density at radius 1 is 1.46 bits per heavy atom.